The number of carboxylic acids is 1. The minimum Gasteiger partial charge on any atom is -0.478 e. The molecule has 2 N–H and O–H groups in total. The summed E-state index contributed by atoms with van der Waals surface area (Å²) in [7, 11) is 1.46. The molecule has 2 atom stereocenters. The Kier molecular flexibility index (Phi) is 8.65. The second-order valence-electron chi connectivity index (χ2n) is 10.1. The number of hydrogen-bond acceptors (Lipinski definition) is 7. The Hall–Kier alpha value is -4.54. The van der Waals surface area contributed by atoms with Crippen LogP contribution in [0.4, 0.5) is 9.80 Å². The highest BCUT2D eigenvalue weighted by Gasteiger charge is 2.35. The Morgan fingerprint density at radius 1 is 0.976 bits per heavy atom. The summed E-state index contributed by atoms with van der Waals surface area (Å²) < 4.78 is 15.8. The van der Waals surface area contributed by atoms with Crippen LogP contribution in [-0.4, -0.2) is 53.3 Å². The van der Waals surface area contributed by atoms with E-state index in [1.54, 1.807) is 13.8 Å². The van der Waals surface area contributed by atoms with Crippen molar-refractivity contribution < 1.29 is 29.0 Å². The first-order valence-corrected chi connectivity index (χ1v) is 14.3. The molecule has 3 aromatic carbocycles. The molecule has 0 spiro atoms. The molecule has 0 fully saturated rings. The van der Waals surface area contributed by atoms with Crippen molar-refractivity contribution in [2.24, 2.45) is 0 Å². The first-order valence-electron chi connectivity index (χ1n) is 13.5. The number of hydrogen-bond donors (Lipinski definition) is 2. The molecular weight excluding hydrogens is 554 g/mol. The van der Waals surface area contributed by atoms with Crippen LogP contribution in [0.1, 0.15) is 45.6 Å². The number of rotatable bonds is 10. The Morgan fingerprint density at radius 3 is 2.19 bits per heavy atom. The zero-order chi connectivity index (χ0) is 29.8. The maximum atomic E-state index is 13.8. The van der Waals surface area contributed by atoms with Gasteiger partial charge in [0, 0.05) is 13.0 Å². The molecule has 0 aliphatic heterocycles. The summed E-state index contributed by atoms with van der Waals surface area (Å²) >= 11 is 0.903. The molecule has 4 aromatic rings. The number of ether oxygens (including phenoxy) is 2. The van der Waals surface area contributed by atoms with Crippen LogP contribution in [0.15, 0.2) is 78.9 Å². The van der Waals surface area contributed by atoms with E-state index < -0.39 is 30.1 Å². The molecule has 0 radical (unpaired) electrons. The SMILES string of the molecule is Cc1nsc(N(C)C(=O)C(NC(=O)OCC2c3ccccc3-c3ccccc32)C(C)OCc2ccccc2)c1C(=O)O. The summed E-state index contributed by atoms with van der Waals surface area (Å²) in [5, 5.41) is 12.6. The minimum absolute atomic E-state index is 0.0615. The normalized spacial score (nSPS) is 13.5. The maximum absolute atomic E-state index is 13.8. The number of anilines is 1. The molecule has 1 heterocycles. The van der Waals surface area contributed by atoms with Crippen LogP contribution in [0.25, 0.3) is 11.1 Å². The van der Waals surface area contributed by atoms with Crippen molar-refractivity contribution in [2.75, 3.05) is 18.6 Å². The molecule has 0 saturated heterocycles. The van der Waals surface area contributed by atoms with Gasteiger partial charge in [0.05, 0.1) is 18.4 Å². The number of carbonyl (C=O) groups is 3. The summed E-state index contributed by atoms with van der Waals surface area (Å²) in [6.07, 6.45) is -1.55. The van der Waals surface area contributed by atoms with Gasteiger partial charge in [-0.2, -0.15) is 4.37 Å². The Labute approximate surface area is 247 Å². The Balaban J connectivity index is 1.34. The van der Waals surface area contributed by atoms with E-state index in [4.69, 9.17) is 9.47 Å². The van der Waals surface area contributed by atoms with Crippen LogP contribution < -0.4 is 10.2 Å². The smallest absolute Gasteiger partial charge is 0.407 e. The molecule has 2 amide bonds. The van der Waals surface area contributed by atoms with E-state index in [1.807, 2.05) is 66.7 Å². The van der Waals surface area contributed by atoms with Gasteiger partial charge < -0.3 is 24.8 Å². The molecule has 1 aromatic heterocycles. The zero-order valence-electron chi connectivity index (χ0n) is 23.4. The van der Waals surface area contributed by atoms with Crippen molar-refractivity contribution in [3.63, 3.8) is 0 Å². The first-order chi connectivity index (χ1) is 20.3. The molecule has 10 heteroatoms. The van der Waals surface area contributed by atoms with Gasteiger partial charge in [0.25, 0.3) is 5.91 Å². The topological polar surface area (TPSA) is 118 Å². The molecule has 42 heavy (non-hydrogen) atoms. The summed E-state index contributed by atoms with van der Waals surface area (Å²) in [5.74, 6) is -1.90. The van der Waals surface area contributed by atoms with Gasteiger partial charge in [0.1, 0.15) is 23.2 Å². The third kappa shape index (κ3) is 5.90. The first kappa shape index (κ1) is 29.0. The van der Waals surface area contributed by atoms with Crippen molar-refractivity contribution in [3.05, 3.63) is 107 Å². The van der Waals surface area contributed by atoms with Crippen molar-refractivity contribution in [1.82, 2.24) is 9.69 Å². The summed E-state index contributed by atoms with van der Waals surface area (Å²) in [5.41, 5.74) is 5.49. The van der Waals surface area contributed by atoms with Crippen LogP contribution in [0.2, 0.25) is 0 Å². The number of carboxylic acid groups (broad SMARTS) is 1. The van der Waals surface area contributed by atoms with E-state index in [0.717, 1.165) is 39.3 Å². The van der Waals surface area contributed by atoms with Crippen LogP contribution in [0, 0.1) is 6.92 Å². The fraction of sp³-hybridized carbons (Fsp3) is 0.250. The van der Waals surface area contributed by atoms with Gasteiger partial charge in [-0.25, -0.2) is 9.59 Å². The van der Waals surface area contributed by atoms with Gasteiger partial charge in [-0.1, -0.05) is 78.9 Å². The number of fused-ring (bicyclic) bond motifs is 3. The number of nitrogens with one attached hydrogen (secondary N) is 1. The average molecular weight is 586 g/mol. The second-order valence-corrected chi connectivity index (χ2v) is 10.9. The second kappa shape index (κ2) is 12.5. The van der Waals surface area contributed by atoms with E-state index in [-0.39, 0.29) is 29.7 Å². The largest absolute Gasteiger partial charge is 0.478 e. The Morgan fingerprint density at radius 2 is 1.57 bits per heavy atom. The third-order valence-corrected chi connectivity index (χ3v) is 8.42. The van der Waals surface area contributed by atoms with Crippen LogP contribution >= 0.6 is 11.5 Å². The van der Waals surface area contributed by atoms with Gasteiger partial charge in [0.2, 0.25) is 0 Å². The monoisotopic (exact) mass is 585 g/mol. The summed E-state index contributed by atoms with van der Waals surface area (Å²) in [6, 6.07) is 24.3. The lowest BCUT2D eigenvalue weighted by molar-refractivity contribution is -0.124. The number of aryl methyl sites for hydroxylation is 1. The average Bonchev–Trinajstić information content (AvgIpc) is 3.55. The van der Waals surface area contributed by atoms with E-state index in [0.29, 0.717) is 5.69 Å². The van der Waals surface area contributed by atoms with Crippen LogP contribution in [0.5, 0.6) is 0 Å². The van der Waals surface area contributed by atoms with Gasteiger partial charge >= 0.3 is 12.1 Å². The molecular formula is C32H31N3O6S. The highest BCUT2D eigenvalue weighted by Crippen LogP contribution is 2.44. The molecule has 2 unspecified atom stereocenters. The molecule has 0 saturated carbocycles. The lowest BCUT2D eigenvalue weighted by atomic mass is 9.98. The number of likely N-dealkylation sites (N-methyl/N-ethyl adjacent to an activating group) is 1. The van der Waals surface area contributed by atoms with Gasteiger partial charge in [-0.3, -0.25) is 4.79 Å². The molecule has 5 rings (SSSR count). The van der Waals surface area contributed by atoms with Gasteiger partial charge in [-0.05, 0) is 53.2 Å². The van der Waals surface area contributed by atoms with E-state index in [1.165, 1.54) is 11.9 Å². The van der Waals surface area contributed by atoms with Crippen molar-refractivity contribution in [3.8, 4) is 11.1 Å². The predicted molar refractivity (Wildman–Crippen MR) is 160 cm³/mol. The molecule has 1 aliphatic carbocycles. The fourth-order valence-electron chi connectivity index (χ4n) is 5.19. The molecule has 216 valence electrons. The highest BCUT2D eigenvalue weighted by atomic mass is 32.1. The van der Waals surface area contributed by atoms with E-state index >= 15 is 0 Å². The lowest BCUT2D eigenvalue weighted by Gasteiger charge is -2.28. The van der Waals surface area contributed by atoms with Crippen LogP contribution in [-0.2, 0) is 20.9 Å². The predicted octanol–water partition coefficient (Wildman–Crippen LogP) is 5.63. The van der Waals surface area contributed by atoms with Gasteiger partial charge in [-0.15, -0.1) is 0 Å². The zero-order valence-corrected chi connectivity index (χ0v) is 24.3. The highest BCUT2D eigenvalue weighted by molar-refractivity contribution is 7.11. The van der Waals surface area contributed by atoms with Gasteiger partial charge in [0.15, 0.2) is 0 Å². The number of aromatic nitrogens is 1. The Bertz CT molecular complexity index is 1560. The number of aromatic carboxylic acids is 1. The number of amides is 2. The number of benzene rings is 3. The molecule has 0 bridgehead atoms. The fourth-order valence-corrected chi connectivity index (χ4v) is 6.04. The molecule has 9 nitrogen and oxygen atoms in total. The lowest BCUT2D eigenvalue weighted by Crippen LogP contribution is -2.54. The van der Waals surface area contributed by atoms with Crippen molar-refractivity contribution in [2.45, 2.75) is 38.5 Å². The van der Waals surface area contributed by atoms with Crippen LogP contribution in [0.3, 0.4) is 0 Å². The van der Waals surface area contributed by atoms with E-state index in [2.05, 4.69) is 21.8 Å². The summed E-state index contributed by atoms with van der Waals surface area (Å²) in [6.45, 7) is 3.54. The number of alkyl carbamates (subject to hydrolysis) is 1. The maximum Gasteiger partial charge on any atom is 0.407 e. The van der Waals surface area contributed by atoms with Crippen molar-refractivity contribution >= 4 is 34.5 Å². The quantitative estimate of drug-likeness (QED) is 0.248. The number of nitrogens with zero attached hydrogens (tertiary/aromatic N) is 2. The minimum atomic E-state index is -1.19. The third-order valence-electron chi connectivity index (χ3n) is 7.40. The molecule has 1 aliphatic rings. The van der Waals surface area contributed by atoms with Crippen molar-refractivity contribution in [1.29, 1.82) is 0 Å². The standard InChI is InChI=1S/C32H31N3O6S/c1-19-27(31(37)38)30(42-34-19)35(3)29(36)28(20(2)40-17-21-11-5-4-6-12-21)33-32(39)41-18-26-24-15-9-7-13-22(24)23-14-8-10-16-25(23)26/h4-16,20,26,28H,17-18H2,1-3H3,(H,33,39)(H,37,38). The summed E-state index contributed by atoms with van der Waals surface area (Å²) in [4.78, 5) is 40.0. The number of carbonyl (C=O) groups excluding carboxylic acids is 2. The van der Waals surface area contributed by atoms with E-state index in [9.17, 15) is 19.5 Å².